The largest absolute Gasteiger partial charge is 0.486 e. The van der Waals surface area contributed by atoms with Gasteiger partial charge in [-0.2, -0.15) is 4.37 Å². The van der Waals surface area contributed by atoms with Gasteiger partial charge in [0.1, 0.15) is 0 Å². The normalized spacial score (nSPS) is 11.4. The molecule has 1 heterocycles. The molecule has 0 radical (unpaired) electrons. The third-order valence-electron chi connectivity index (χ3n) is 3.30. The Balaban J connectivity index is 2.14. The summed E-state index contributed by atoms with van der Waals surface area (Å²) in [5, 5.41) is 4.32. The highest BCUT2D eigenvalue weighted by Crippen LogP contribution is 2.33. The van der Waals surface area contributed by atoms with Gasteiger partial charge in [0.25, 0.3) is 0 Å². The van der Waals surface area contributed by atoms with Crippen molar-refractivity contribution in [2.75, 3.05) is 14.2 Å². The highest BCUT2D eigenvalue weighted by atomic mass is 32.1. The quantitative estimate of drug-likeness (QED) is 0.888. The molecule has 5 heteroatoms. The molecule has 108 valence electrons. The van der Waals surface area contributed by atoms with Crippen molar-refractivity contribution in [3.63, 3.8) is 0 Å². The van der Waals surface area contributed by atoms with E-state index in [2.05, 4.69) is 35.7 Å². The van der Waals surface area contributed by atoms with Crippen molar-refractivity contribution in [2.24, 2.45) is 0 Å². The van der Waals surface area contributed by atoms with Crippen LogP contribution in [-0.2, 0) is 12.1 Å². The average Bonchev–Trinajstić information content (AvgIpc) is 2.88. The number of ether oxygens (including phenoxy) is 2. The Morgan fingerprint density at radius 2 is 1.85 bits per heavy atom. The Hall–Kier alpha value is -1.59. The number of aromatic nitrogens is 1. The van der Waals surface area contributed by atoms with Crippen molar-refractivity contribution >= 4 is 11.5 Å². The van der Waals surface area contributed by atoms with Crippen LogP contribution in [0.1, 0.15) is 25.0 Å². The summed E-state index contributed by atoms with van der Waals surface area (Å²) in [4.78, 5) is 0. The van der Waals surface area contributed by atoms with Crippen LogP contribution in [0.5, 0.6) is 10.9 Å². The zero-order valence-corrected chi connectivity index (χ0v) is 13.1. The van der Waals surface area contributed by atoms with Gasteiger partial charge in [0.2, 0.25) is 10.9 Å². The summed E-state index contributed by atoms with van der Waals surface area (Å²) in [7, 11) is 3.28. The average molecular weight is 292 g/mol. The van der Waals surface area contributed by atoms with Gasteiger partial charge in [-0.3, -0.25) is 0 Å². The van der Waals surface area contributed by atoms with E-state index in [9.17, 15) is 0 Å². The Morgan fingerprint density at radius 3 is 2.45 bits per heavy atom. The lowest BCUT2D eigenvalue weighted by molar-refractivity contribution is 0.364. The lowest BCUT2D eigenvalue weighted by Crippen LogP contribution is -2.35. The molecule has 0 amide bonds. The lowest BCUT2D eigenvalue weighted by atomic mass is 9.94. The van der Waals surface area contributed by atoms with E-state index in [-0.39, 0.29) is 5.54 Å². The smallest absolute Gasteiger partial charge is 0.233 e. The Kier molecular flexibility index (Phi) is 4.62. The van der Waals surface area contributed by atoms with E-state index in [0.717, 1.165) is 10.6 Å². The second-order valence-corrected chi connectivity index (χ2v) is 5.74. The van der Waals surface area contributed by atoms with Gasteiger partial charge in [-0.25, -0.2) is 0 Å². The topological polar surface area (TPSA) is 43.4 Å². The Morgan fingerprint density at radius 1 is 1.15 bits per heavy atom. The summed E-state index contributed by atoms with van der Waals surface area (Å²) in [5.41, 5.74) is 2.06. The van der Waals surface area contributed by atoms with Gasteiger partial charge in [0, 0.05) is 23.6 Å². The molecule has 0 saturated heterocycles. The van der Waals surface area contributed by atoms with Crippen LogP contribution in [-0.4, -0.2) is 18.6 Å². The molecule has 2 aromatic rings. The molecule has 0 saturated carbocycles. The molecular weight excluding hydrogens is 272 g/mol. The Labute approximate surface area is 123 Å². The summed E-state index contributed by atoms with van der Waals surface area (Å²) < 4.78 is 14.8. The Bertz CT molecular complexity index is 531. The fourth-order valence-electron chi connectivity index (χ4n) is 2.02. The molecule has 0 atom stereocenters. The molecule has 0 aliphatic carbocycles. The predicted molar refractivity (Wildman–Crippen MR) is 81.5 cm³/mol. The predicted octanol–water partition coefficient (Wildman–Crippen LogP) is 3.19. The van der Waals surface area contributed by atoms with Crippen molar-refractivity contribution in [3.05, 3.63) is 41.5 Å². The minimum absolute atomic E-state index is 0.140. The monoisotopic (exact) mass is 292 g/mol. The van der Waals surface area contributed by atoms with Crippen molar-refractivity contribution in [2.45, 2.75) is 25.9 Å². The van der Waals surface area contributed by atoms with Crippen LogP contribution in [0.25, 0.3) is 0 Å². The molecular formula is C15H20N2O2S. The summed E-state index contributed by atoms with van der Waals surface area (Å²) in [6, 6.07) is 10.4. The van der Waals surface area contributed by atoms with E-state index in [1.807, 2.05) is 18.2 Å². The van der Waals surface area contributed by atoms with Gasteiger partial charge in [0.15, 0.2) is 0 Å². The third kappa shape index (κ3) is 3.11. The maximum absolute atomic E-state index is 5.33. The van der Waals surface area contributed by atoms with Crippen molar-refractivity contribution in [3.8, 4) is 10.9 Å². The minimum Gasteiger partial charge on any atom is -0.486 e. The van der Waals surface area contributed by atoms with Crippen molar-refractivity contribution < 1.29 is 9.47 Å². The van der Waals surface area contributed by atoms with Gasteiger partial charge in [0.05, 0.1) is 19.8 Å². The van der Waals surface area contributed by atoms with Crippen molar-refractivity contribution in [1.82, 2.24) is 9.69 Å². The molecule has 0 unspecified atom stereocenters. The van der Waals surface area contributed by atoms with Gasteiger partial charge in [-0.1, -0.05) is 30.3 Å². The number of hydrogen-bond acceptors (Lipinski definition) is 5. The van der Waals surface area contributed by atoms with E-state index in [0.29, 0.717) is 12.4 Å². The number of benzene rings is 1. The number of hydrogen-bond donors (Lipinski definition) is 1. The van der Waals surface area contributed by atoms with Crippen LogP contribution in [0.2, 0.25) is 0 Å². The van der Waals surface area contributed by atoms with E-state index in [4.69, 9.17) is 9.47 Å². The first-order valence-electron chi connectivity index (χ1n) is 6.45. The summed E-state index contributed by atoms with van der Waals surface area (Å²) in [6.45, 7) is 4.95. The fourth-order valence-corrected chi connectivity index (χ4v) is 2.71. The maximum Gasteiger partial charge on any atom is 0.233 e. The summed E-state index contributed by atoms with van der Waals surface area (Å²) in [6.07, 6.45) is 0. The molecule has 0 aliphatic heterocycles. The van der Waals surface area contributed by atoms with Crippen LogP contribution in [0.4, 0.5) is 0 Å². The number of rotatable bonds is 6. The van der Waals surface area contributed by atoms with Crippen molar-refractivity contribution in [1.29, 1.82) is 0 Å². The fraction of sp³-hybridized carbons (Fsp3) is 0.400. The van der Waals surface area contributed by atoms with E-state index >= 15 is 0 Å². The summed E-state index contributed by atoms with van der Waals surface area (Å²) in [5.74, 6) is 0.628. The standard InChI is InChI=1S/C15H20N2O2S/c1-15(2,11-8-6-5-7-9-11)16-10-12-13(18-3)17-20-14(12)19-4/h5-9,16H,10H2,1-4H3. The third-order valence-corrected chi connectivity index (χ3v) is 4.13. The first-order valence-corrected chi connectivity index (χ1v) is 7.23. The van der Waals surface area contributed by atoms with Crippen LogP contribution in [0.3, 0.4) is 0 Å². The SMILES string of the molecule is COc1nsc(OC)c1CNC(C)(C)c1ccccc1. The van der Waals surface area contributed by atoms with E-state index in [1.165, 1.54) is 17.1 Å². The molecule has 1 aromatic carbocycles. The molecule has 1 N–H and O–H groups in total. The van der Waals surface area contributed by atoms with Gasteiger partial charge < -0.3 is 14.8 Å². The zero-order chi connectivity index (χ0) is 14.6. The van der Waals surface area contributed by atoms with Gasteiger partial charge >= 0.3 is 0 Å². The molecule has 20 heavy (non-hydrogen) atoms. The molecule has 2 rings (SSSR count). The molecule has 4 nitrogen and oxygen atoms in total. The first kappa shape index (κ1) is 14.8. The number of nitrogens with zero attached hydrogens (tertiary/aromatic N) is 1. The second-order valence-electron chi connectivity index (χ2n) is 5.01. The zero-order valence-electron chi connectivity index (χ0n) is 12.3. The minimum atomic E-state index is -0.140. The van der Waals surface area contributed by atoms with Crippen LogP contribution in [0.15, 0.2) is 30.3 Å². The maximum atomic E-state index is 5.33. The van der Waals surface area contributed by atoms with E-state index < -0.39 is 0 Å². The van der Waals surface area contributed by atoms with Gasteiger partial charge in [-0.05, 0) is 19.4 Å². The number of methoxy groups -OCH3 is 2. The van der Waals surface area contributed by atoms with Gasteiger partial charge in [-0.15, -0.1) is 0 Å². The second kappa shape index (κ2) is 6.24. The van der Waals surface area contributed by atoms with Crippen LogP contribution < -0.4 is 14.8 Å². The highest BCUT2D eigenvalue weighted by molar-refractivity contribution is 7.08. The molecule has 0 fully saturated rings. The molecule has 0 spiro atoms. The summed E-state index contributed by atoms with van der Waals surface area (Å²) >= 11 is 1.31. The number of nitrogens with one attached hydrogen (secondary N) is 1. The van der Waals surface area contributed by atoms with Crippen LogP contribution >= 0.6 is 11.5 Å². The highest BCUT2D eigenvalue weighted by Gasteiger charge is 2.22. The first-order chi connectivity index (χ1) is 9.58. The molecule has 0 bridgehead atoms. The van der Waals surface area contributed by atoms with E-state index in [1.54, 1.807) is 14.2 Å². The molecule has 1 aromatic heterocycles. The molecule has 0 aliphatic rings. The van der Waals surface area contributed by atoms with Crippen LogP contribution in [0, 0.1) is 0 Å². The lowest BCUT2D eigenvalue weighted by Gasteiger charge is -2.27.